The Bertz CT molecular complexity index is 2640. The second-order valence-corrected chi connectivity index (χ2v) is 36.2. The number of aromatic nitrogens is 6. The average Bonchev–Trinajstić information content (AvgIpc) is 0.760. The smallest absolute Gasteiger partial charge is 0.232 e. The van der Waals surface area contributed by atoms with E-state index in [9.17, 15) is 0 Å². The Balaban J connectivity index is 1.18. The van der Waals surface area contributed by atoms with Gasteiger partial charge in [0.2, 0.25) is 29.7 Å². The zero-order valence-corrected chi connectivity index (χ0v) is 70.5. The first kappa shape index (κ1) is 86.2. The largest absolute Gasteiger partial charge is 0.338 e. The monoisotopic (exact) mass is 1460 g/mol. The number of nitrogens with zero attached hydrogens (tertiary/aromatic N) is 16. The fourth-order valence-electron chi connectivity index (χ4n) is 19.1. The summed E-state index contributed by atoms with van der Waals surface area (Å²) in [4.78, 5) is 80.7. The van der Waals surface area contributed by atoms with Gasteiger partial charge in [0.25, 0.3) is 0 Å². The van der Waals surface area contributed by atoms with Gasteiger partial charge < -0.3 is 24.5 Å². The van der Waals surface area contributed by atoms with E-state index in [4.69, 9.17) is 54.1 Å². The standard InChI is InChI=1S/C83H156N16O5/c1-21-29-45-92(67-41-50-90(51-42-67)100-54-24-4)73-84-72(59-66-39-35-34-36-40-66)85-74(86-73)93(68-43-52-91(53-44-68)101-55-25-5)48-37-32-33-38-49-96(71-64-82(17,18)99(104-58-28-8)83(19,20)65-71)77-88-75(94(46-30-22-2)69-60-78(9,10)97(102-56-26-6)79(11,12)61-69)87-76(89-77)95(47-31-23-3)70-62-80(13,14)98(103-57-27-7)81(15,16)63-70/h66-71H,21-65H2,1-20H3. The molecule has 2 aromatic heterocycles. The lowest BCUT2D eigenvalue weighted by Crippen LogP contribution is -2.65. The zero-order valence-electron chi connectivity index (χ0n) is 70.5. The van der Waals surface area contributed by atoms with Crippen molar-refractivity contribution in [3.63, 3.8) is 0 Å². The van der Waals surface area contributed by atoms with Crippen molar-refractivity contribution in [3.8, 4) is 0 Å². The first-order valence-electron chi connectivity index (χ1n) is 43.1. The van der Waals surface area contributed by atoms with E-state index in [1.54, 1.807) is 0 Å². The van der Waals surface area contributed by atoms with Crippen LogP contribution in [0.4, 0.5) is 29.7 Å². The van der Waals surface area contributed by atoms with Crippen LogP contribution < -0.4 is 24.5 Å². The van der Waals surface area contributed by atoms with Crippen LogP contribution in [0.5, 0.6) is 0 Å². The van der Waals surface area contributed by atoms with E-state index in [1.807, 2.05) is 0 Å². The van der Waals surface area contributed by atoms with Crippen LogP contribution in [0.3, 0.4) is 0 Å². The van der Waals surface area contributed by atoms with Gasteiger partial charge in [0.15, 0.2) is 0 Å². The summed E-state index contributed by atoms with van der Waals surface area (Å²) in [6.45, 7) is 58.4. The third-order valence-electron chi connectivity index (χ3n) is 23.5. The van der Waals surface area contributed by atoms with E-state index in [0.717, 1.165) is 275 Å². The number of anilines is 5. The molecule has 6 fully saturated rings. The van der Waals surface area contributed by atoms with E-state index in [-0.39, 0.29) is 51.4 Å². The van der Waals surface area contributed by atoms with Gasteiger partial charge >= 0.3 is 0 Å². The van der Waals surface area contributed by atoms with Gasteiger partial charge in [0.1, 0.15) is 5.82 Å². The highest BCUT2D eigenvalue weighted by atomic mass is 16.7. The topological polar surface area (TPSA) is 156 Å². The van der Waals surface area contributed by atoms with Crippen molar-refractivity contribution in [2.45, 2.75) is 401 Å². The van der Waals surface area contributed by atoms with Crippen LogP contribution in [0.25, 0.3) is 0 Å². The summed E-state index contributed by atoms with van der Waals surface area (Å²) in [6, 6.07) is 1.13. The molecule has 0 spiro atoms. The third-order valence-corrected chi connectivity index (χ3v) is 23.5. The average molecular weight is 1460 g/mol. The number of hydrogen-bond donors (Lipinski definition) is 0. The Kier molecular flexibility index (Phi) is 33.6. The molecular weight excluding hydrogens is 1300 g/mol. The van der Waals surface area contributed by atoms with Gasteiger partial charge in [-0.1, -0.05) is 120 Å². The highest BCUT2D eigenvalue weighted by molar-refractivity contribution is 5.50. The van der Waals surface area contributed by atoms with Crippen molar-refractivity contribution in [1.82, 2.24) is 55.2 Å². The predicted octanol–water partition coefficient (Wildman–Crippen LogP) is 17.6. The molecule has 0 N–H and O–H groups in total. The van der Waals surface area contributed by atoms with Crippen molar-refractivity contribution >= 4 is 29.7 Å². The van der Waals surface area contributed by atoms with Gasteiger partial charge in [0.05, 0.1) is 33.0 Å². The molecule has 7 heterocycles. The highest BCUT2D eigenvalue weighted by Gasteiger charge is 2.52. The van der Waals surface area contributed by atoms with Crippen LogP contribution >= 0.6 is 0 Å². The summed E-state index contributed by atoms with van der Waals surface area (Å²) in [5.74, 6) is 5.82. The van der Waals surface area contributed by atoms with Gasteiger partial charge in [-0.05, 0) is 217 Å². The minimum absolute atomic E-state index is 0.133. The lowest BCUT2D eigenvalue weighted by Gasteiger charge is -2.56. The SMILES string of the molecule is CCCCN(c1nc(CC2CCCCC2)nc(N(CCCCCCN(c2nc(N(CCCC)C3CC(C)(C)N(OCCC)C(C)(C)C3)nc(N(CCCC)C3CC(C)(C)N(OCCC)C(C)(C)C3)n2)C2CC(C)(C)N(OCCC)C(C)(C)C2)C2CCN(OCCC)CC2)n1)C1CCN(OCCC)CC1. The lowest BCUT2D eigenvalue weighted by molar-refractivity contribution is -0.282. The van der Waals surface area contributed by atoms with E-state index < -0.39 is 0 Å². The molecule has 2 aromatic rings. The molecule has 5 saturated heterocycles. The third kappa shape index (κ3) is 23.6. The predicted molar refractivity (Wildman–Crippen MR) is 429 cm³/mol. The first-order chi connectivity index (χ1) is 49.7. The maximum Gasteiger partial charge on any atom is 0.232 e. The second kappa shape index (κ2) is 40.5. The van der Waals surface area contributed by atoms with Gasteiger partial charge in [0, 0.05) is 129 Å². The number of unbranched alkanes of at least 4 members (excludes halogenated alkanes) is 6. The van der Waals surface area contributed by atoms with Crippen LogP contribution in [-0.4, -0.2) is 211 Å². The van der Waals surface area contributed by atoms with Crippen LogP contribution in [0.15, 0.2) is 0 Å². The quantitative estimate of drug-likeness (QED) is 0.0577. The van der Waals surface area contributed by atoms with Gasteiger partial charge in [-0.25, -0.2) is 0 Å². The Morgan fingerprint density at radius 2 is 0.558 bits per heavy atom. The fraction of sp³-hybridized carbons (Fsp3) is 0.928. The maximum absolute atomic E-state index is 6.79. The molecule has 0 amide bonds. The number of piperidine rings is 5. The molecule has 21 nitrogen and oxygen atoms in total. The molecule has 0 unspecified atom stereocenters. The number of hydrogen-bond acceptors (Lipinski definition) is 21. The summed E-state index contributed by atoms with van der Waals surface area (Å²) in [5, 5.41) is 11.4. The Morgan fingerprint density at radius 1 is 0.298 bits per heavy atom. The summed E-state index contributed by atoms with van der Waals surface area (Å²) in [7, 11) is 0. The fourth-order valence-corrected chi connectivity index (χ4v) is 19.1. The van der Waals surface area contributed by atoms with Crippen molar-refractivity contribution in [3.05, 3.63) is 5.82 Å². The summed E-state index contributed by atoms with van der Waals surface area (Å²) in [6.07, 6.45) is 32.6. The Labute approximate surface area is 635 Å². The molecule has 0 aromatic carbocycles. The summed E-state index contributed by atoms with van der Waals surface area (Å²) in [5.41, 5.74) is -1.48. The van der Waals surface area contributed by atoms with E-state index >= 15 is 0 Å². The molecule has 104 heavy (non-hydrogen) atoms. The molecule has 0 radical (unpaired) electrons. The number of hydroxylamine groups is 10. The molecule has 5 aliphatic heterocycles. The Morgan fingerprint density at radius 3 is 0.837 bits per heavy atom. The van der Waals surface area contributed by atoms with Crippen molar-refractivity contribution in [2.24, 2.45) is 5.92 Å². The maximum atomic E-state index is 6.79. The minimum atomic E-state index is -0.268. The summed E-state index contributed by atoms with van der Waals surface area (Å²) < 4.78 is 0. The molecule has 598 valence electrons. The van der Waals surface area contributed by atoms with Crippen molar-refractivity contribution < 1.29 is 24.2 Å². The van der Waals surface area contributed by atoms with Gasteiger partial charge in [-0.3, -0.25) is 24.2 Å². The molecule has 0 atom stereocenters. The normalized spacial score (nSPS) is 22.2. The number of rotatable bonds is 43. The van der Waals surface area contributed by atoms with E-state index in [0.29, 0.717) is 37.8 Å². The van der Waals surface area contributed by atoms with Crippen LogP contribution in [0.1, 0.15) is 337 Å². The zero-order chi connectivity index (χ0) is 75.3. The second-order valence-electron chi connectivity index (χ2n) is 36.2. The molecule has 1 aliphatic carbocycles. The molecule has 1 saturated carbocycles. The van der Waals surface area contributed by atoms with Crippen molar-refractivity contribution in [2.75, 3.05) is 116 Å². The lowest BCUT2D eigenvalue weighted by atomic mass is 9.78. The molecule has 6 aliphatic rings. The Hall–Kier alpha value is -3.38. The van der Waals surface area contributed by atoms with Crippen molar-refractivity contribution in [1.29, 1.82) is 0 Å². The molecule has 8 rings (SSSR count). The van der Waals surface area contributed by atoms with E-state index in [1.165, 1.54) is 32.1 Å². The van der Waals surface area contributed by atoms with Gasteiger partial charge in [-0.2, -0.15) is 55.2 Å². The van der Waals surface area contributed by atoms with Gasteiger partial charge in [-0.15, -0.1) is 0 Å². The summed E-state index contributed by atoms with van der Waals surface area (Å²) >= 11 is 0. The first-order valence-corrected chi connectivity index (χ1v) is 43.1. The van der Waals surface area contributed by atoms with Crippen LogP contribution in [0, 0.1) is 5.92 Å². The highest BCUT2D eigenvalue weighted by Crippen LogP contribution is 2.46. The molecular formula is C83H156N16O5. The van der Waals surface area contributed by atoms with Crippen LogP contribution in [-0.2, 0) is 30.6 Å². The minimum Gasteiger partial charge on any atom is -0.338 e. The molecule has 21 heteroatoms. The molecule has 0 bridgehead atoms. The van der Waals surface area contributed by atoms with Crippen LogP contribution in [0.2, 0.25) is 0 Å². The van der Waals surface area contributed by atoms with E-state index in [2.05, 4.69) is 188 Å².